The van der Waals surface area contributed by atoms with Crippen molar-refractivity contribution < 1.29 is 4.74 Å². The molecule has 3 nitrogen and oxygen atoms in total. The van der Waals surface area contributed by atoms with Crippen LogP contribution in [-0.2, 0) is 0 Å². The molecule has 2 rings (SSSR count). The lowest BCUT2D eigenvalue weighted by atomic mass is 10.1. The van der Waals surface area contributed by atoms with Crippen LogP contribution in [0.2, 0.25) is 5.02 Å². The number of nitrogens with zero attached hydrogens (tertiary/aromatic N) is 1. The fourth-order valence-corrected chi connectivity index (χ4v) is 2.59. The third-order valence-electron chi connectivity index (χ3n) is 2.67. The molecule has 2 aromatic rings. The summed E-state index contributed by atoms with van der Waals surface area (Å²) in [6.07, 6.45) is 0. The molecule has 2 N–H and O–H groups in total. The van der Waals surface area contributed by atoms with Gasteiger partial charge in [-0.15, -0.1) is 11.3 Å². The molecule has 5 heteroatoms. The van der Waals surface area contributed by atoms with E-state index in [0.29, 0.717) is 5.02 Å². The van der Waals surface area contributed by atoms with Crippen LogP contribution in [-0.4, -0.2) is 12.1 Å². The third-order valence-corrected chi connectivity index (χ3v) is 4.12. The Morgan fingerprint density at radius 3 is 2.72 bits per heavy atom. The molecule has 0 aliphatic rings. The van der Waals surface area contributed by atoms with E-state index >= 15 is 0 Å². The van der Waals surface area contributed by atoms with Gasteiger partial charge in [-0.25, -0.2) is 4.98 Å². The average Bonchev–Trinajstić information content (AvgIpc) is 2.81. The van der Waals surface area contributed by atoms with Gasteiger partial charge in [0, 0.05) is 16.0 Å². The molecule has 1 unspecified atom stereocenters. The standard InChI is InChI=1S/C13H15ClN2OS/c1-7-4-12(17-3)9(5-10(7)14)11-6-18-13(16-11)8(2)15/h4-6,8H,15H2,1-3H3. The number of nitrogens with two attached hydrogens (primary N) is 1. The van der Waals surface area contributed by atoms with E-state index in [-0.39, 0.29) is 6.04 Å². The Morgan fingerprint density at radius 1 is 1.44 bits per heavy atom. The highest BCUT2D eigenvalue weighted by atomic mass is 35.5. The second-order valence-corrected chi connectivity index (χ2v) is 5.46. The summed E-state index contributed by atoms with van der Waals surface area (Å²) in [6.45, 7) is 3.87. The van der Waals surface area contributed by atoms with Crippen molar-refractivity contribution in [1.82, 2.24) is 4.98 Å². The predicted octanol–water partition coefficient (Wildman–Crippen LogP) is 3.80. The van der Waals surface area contributed by atoms with Gasteiger partial charge in [-0.05, 0) is 31.5 Å². The molecule has 1 aromatic heterocycles. The van der Waals surface area contributed by atoms with Crippen LogP contribution in [0.25, 0.3) is 11.3 Å². The van der Waals surface area contributed by atoms with Crippen LogP contribution in [0, 0.1) is 6.92 Å². The second-order valence-electron chi connectivity index (χ2n) is 4.16. The van der Waals surface area contributed by atoms with E-state index in [1.165, 1.54) is 0 Å². The molecular formula is C13H15ClN2OS. The SMILES string of the molecule is COc1cc(C)c(Cl)cc1-c1csc(C(C)N)n1. The summed E-state index contributed by atoms with van der Waals surface area (Å²) in [5, 5.41) is 3.59. The number of benzene rings is 1. The van der Waals surface area contributed by atoms with Crippen LogP contribution >= 0.6 is 22.9 Å². The first kappa shape index (κ1) is 13.3. The molecule has 18 heavy (non-hydrogen) atoms. The first-order valence-electron chi connectivity index (χ1n) is 5.58. The van der Waals surface area contributed by atoms with Crippen molar-refractivity contribution in [2.75, 3.05) is 7.11 Å². The lowest BCUT2D eigenvalue weighted by Crippen LogP contribution is -2.04. The van der Waals surface area contributed by atoms with Crippen molar-refractivity contribution >= 4 is 22.9 Å². The van der Waals surface area contributed by atoms with E-state index in [1.54, 1.807) is 18.4 Å². The van der Waals surface area contributed by atoms with Crippen molar-refractivity contribution in [3.63, 3.8) is 0 Å². The minimum atomic E-state index is -0.0596. The molecule has 1 atom stereocenters. The number of aromatic nitrogens is 1. The van der Waals surface area contributed by atoms with Crippen molar-refractivity contribution in [3.05, 3.63) is 33.1 Å². The lowest BCUT2D eigenvalue weighted by Gasteiger charge is -2.09. The third kappa shape index (κ3) is 2.51. The van der Waals surface area contributed by atoms with E-state index < -0.39 is 0 Å². The van der Waals surface area contributed by atoms with Crippen molar-refractivity contribution in [3.8, 4) is 17.0 Å². The zero-order valence-corrected chi connectivity index (χ0v) is 12.1. The molecule has 96 valence electrons. The normalized spacial score (nSPS) is 12.5. The molecule has 0 fully saturated rings. The smallest absolute Gasteiger partial charge is 0.128 e. The predicted molar refractivity (Wildman–Crippen MR) is 76.5 cm³/mol. The molecular weight excluding hydrogens is 268 g/mol. The van der Waals surface area contributed by atoms with Gasteiger partial charge < -0.3 is 10.5 Å². The average molecular weight is 283 g/mol. The Balaban J connectivity index is 2.51. The Hall–Kier alpha value is -1.10. The maximum Gasteiger partial charge on any atom is 0.128 e. The summed E-state index contributed by atoms with van der Waals surface area (Å²) in [6, 6.07) is 3.74. The van der Waals surface area contributed by atoms with Crippen LogP contribution in [0.3, 0.4) is 0 Å². The number of rotatable bonds is 3. The maximum absolute atomic E-state index is 6.16. The van der Waals surface area contributed by atoms with Gasteiger partial charge in [-0.1, -0.05) is 11.6 Å². The first-order valence-corrected chi connectivity index (χ1v) is 6.84. The number of halogens is 1. The highest BCUT2D eigenvalue weighted by molar-refractivity contribution is 7.10. The van der Waals surface area contributed by atoms with Crippen molar-refractivity contribution in [2.24, 2.45) is 5.73 Å². The Labute approximate surface area is 116 Å². The Morgan fingerprint density at radius 2 is 2.17 bits per heavy atom. The summed E-state index contributed by atoms with van der Waals surface area (Å²) in [7, 11) is 1.64. The van der Waals surface area contributed by atoms with E-state index in [2.05, 4.69) is 4.98 Å². The van der Waals surface area contributed by atoms with Crippen LogP contribution in [0.5, 0.6) is 5.75 Å². The topological polar surface area (TPSA) is 48.1 Å². The highest BCUT2D eigenvalue weighted by Crippen LogP contribution is 2.35. The van der Waals surface area contributed by atoms with Gasteiger partial charge in [0.25, 0.3) is 0 Å². The number of ether oxygens (including phenoxy) is 1. The molecule has 0 amide bonds. The fraction of sp³-hybridized carbons (Fsp3) is 0.308. The first-order chi connectivity index (χ1) is 8.52. The van der Waals surface area contributed by atoms with Crippen molar-refractivity contribution in [1.29, 1.82) is 0 Å². The van der Waals surface area contributed by atoms with E-state index in [0.717, 1.165) is 27.6 Å². The van der Waals surface area contributed by atoms with E-state index in [9.17, 15) is 0 Å². The van der Waals surface area contributed by atoms with E-state index in [1.807, 2.05) is 31.4 Å². The number of methoxy groups -OCH3 is 1. The summed E-state index contributed by atoms with van der Waals surface area (Å²) in [5.41, 5.74) is 8.56. The van der Waals surface area contributed by atoms with Crippen LogP contribution in [0.4, 0.5) is 0 Å². The monoisotopic (exact) mass is 282 g/mol. The number of thiazole rings is 1. The molecule has 1 aromatic carbocycles. The number of hydrogen-bond acceptors (Lipinski definition) is 4. The lowest BCUT2D eigenvalue weighted by molar-refractivity contribution is 0.416. The zero-order chi connectivity index (χ0) is 13.3. The molecule has 0 radical (unpaired) electrons. The van der Waals surface area contributed by atoms with Gasteiger partial charge in [0.15, 0.2) is 0 Å². The largest absolute Gasteiger partial charge is 0.496 e. The molecule has 0 spiro atoms. The van der Waals surface area contributed by atoms with Crippen LogP contribution in [0.1, 0.15) is 23.5 Å². The molecule has 0 aliphatic heterocycles. The second kappa shape index (κ2) is 5.26. The maximum atomic E-state index is 6.16. The summed E-state index contributed by atoms with van der Waals surface area (Å²) in [5.74, 6) is 0.776. The number of hydrogen-bond donors (Lipinski definition) is 1. The molecule has 0 saturated carbocycles. The summed E-state index contributed by atoms with van der Waals surface area (Å²) < 4.78 is 5.38. The zero-order valence-electron chi connectivity index (χ0n) is 10.5. The molecule has 0 saturated heterocycles. The quantitative estimate of drug-likeness (QED) is 0.931. The van der Waals surface area contributed by atoms with Gasteiger partial charge in [0.05, 0.1) is 18.8 Å². The molecule has 1 heterocycles. The summed E-state index contributed by atoms with van der Waals surface area (Å²) >= 11 is 7.70. The Kier molecular flexibility index (Phi) is 3.90. The van der Waals surface area contributed by atoms with Gasteiger partial charge in [-0.2, -0.15) is 0 Å². The highest BCUT2D eigenvalue weighted by Gasteiger charge is 2.13. The van der Waals surface area contributed by atoms with E-state index in [4.69, 9.17) is 22.1 Å². The fourth-order valence-electron chi connectivity index (χ4n) is 1.64. The van der Waals surface area contributed by atoms with Gasteiger partial charge in [0.2, 0.25) is 0 Å². The van der Waals surface area contributed by atoms with Crippen molar-refractivity contribution in [2.45, 2.75) is 19.9 Å². The minimum Gasteiger partial charge on any atom is -0.496 e. The van der Waals surface area contributed by atoms with Gasteiger partial charge >= 0.3 is 0 Å². The molecule has 0 bridgehead atoms. The van der Waals surface area contributed by atoms with Gasteiger partial charge in [-0.3, -0.25) is 0 Å². The Bertz CT molecular complexity index is 566. The minimum absolute atomic E-state index is 0.0596. The summed E-state index contributed by atoms with van der Waals surface area (Å²) in [4.78, 5) is 4.51. The van der Waals surface area contributed by atoms with Gasteiger partial charge in [0.1, 0.15) is 10.8 Å². The van der Waals surface area contributed by atoms with Crippen LogP contribution < -0.4 is 10.5 Å². The number of aryl methyl sites for hydroxylation is 1. The molecule has 0 aliphatic carbocycles. The van der Waals surface area contributed by atoms with Crippen LogP contribution in [0.15, 0.2) is 17.5 Å².